The van der Waals surface area contributed by atoms with E-state index in [1.54, 1.807) is 13.1 Å². The van der Waals surface area contributed by atoms with E-state index in [2.05, 4.69) is 56.7 Å². The van der Waals surface area contributed by atoms with Crippen molar-refractivity contribution in [1.29, 1.82) is 0 Å². The summed E-state index contributed by atoms with van der Waals surface area (Å²) in [7, 11) is 1.78. The van der Waals surface area contributed by atoms with E-state index in [9.17, 15) is 14.9 Å². The maximum absolute atomic E-state index is 12.7. The molecule has 10 heteroatoms. The molecule has 0 saturated carbocycles. The van der Waals surface area contributed by atoms with Crippen LogP contribution >= 0.6 is 0 Å². The Kier molecular flexibility index (Phi) is 8.80. The number of nitrogens with one attached hydrogen (secondary N) is 3. The van der Waals surface area contributed by atoms with Crippen molar-refractivity contribution in [2.75, 3.05) is 30.0 Å². The summed E-state index contributed by atoms with van der Waals surface area (Å²) in [4.78, 5) is 27.1. The van der Waals surface area contributed by atoms with Crippen LogP contribution in [0.1, 0.15) is 32.3 Å². The minimum Gasteiger partial charge on any atom is -0.378 e. The Balaban J connectivity index is 1.70. The third-order valence-electron chi connectivity index (χ3n) is 5.88. The molecule has 3 rings (SSSR count). The molecule has 5 N–H and O–H groups in total. The first-order chi connectivity index (χ1) is 16.9. The molecule has 186 valence electrons. The van der Waals surface area contributed by atoms with Crippen LogP contribution < -0.4 is 21.7 Å². The quantitative estimate of drug-likeness (QED) is 0.175. The van der Waals surface area contributed by atoms with Crippen LogP contribution in [0.25, 0.3) is 11.1 Å². The average molecular weight is 480 g/mol. The van der Waals surface area contributed by atoms with Gasteiger partial charge in [0.05, 0.1) is 16.7 Å². The van der Waals surface area contributed by atoms with Crippen LogP contribution in [0.2, 0.25) is 0 Å². The van der Waals surface area contributed by atoms with Gasteiger partial charge in [0.15, 0.2) is 0 Å². The fourth-order valence-corrected chi connectivity index (χ4v) is 3.83. The molecule has 1 aromatic carbocycles. The van der Waals surface area contributed by atoms with Gasteiger partial charge in [-0.2, -0.15) is 0 Å². The average Bonchev–Trinajstić information content (AvgIpc) is 3.24. The molecule has 1 unspecified atom stereocenters. The molecule has 35 heavy (non-hydrogen) atoms. The lowest BCUT2D eigenvalue weighted by molar-refractivity contribution is -0.384. The van der Waals surface area contributed by atoms with E-state index in [0.717, 1.165) is 29.7 Å². The van der Waals surface area contributed by atoms with Gasteiger partial charge in [-0.3, -0.25) is 14.9 Å². The van der Waals surface area contributed by atoms with E-state index in [0.29, 0.717) is 25.3 Å². The van der Waals surface area contributed by atoms with Crippen molar-refractivity contribution in [3.05, 3.63) is 64.5 Å². The topological polar surface area (TPSA) is 140 Å². The van der Waals surface area contributed by atoms with Crippen molar-refractivity contribution < 1.29 is 9.72 Å². The molecule has 1 atom stereocenters. The summed E-state index contributed by atoms with van der Waals surface area (Å²) in [6.45, 7) is 5.39. The lowest BCUT2D eigenvalue weighted by Gasteiger charge is -2.14. The van der Waals surface area contributed by atoms with Crippen LogP contribution in [0.3, 0.4) is 0 Å². The van der Waals surface area contributed by atoms with Crippen LogP contribution in [-0.2, 0) is 17.8 Å². The second-order valence-corrected chi connectivity index (χ2v) is 8.25. The first-order valence-electron chi connectivity index (χ1n) is 11.8. The molecular weight excluding hydrogens is 446 g/mol. The minimum absolute atomic E-state index is 0.0670. The number of rotatable bonds is 12. The Morgan fingerprint density at radius 2 is 1.91 bits per heavy atom. The first kappa shape index (κ1) is 25.7. The van der Waals surface area contributed by atoms with E-state index in [-0.39, 0.29) is 23.5 Å². The number of hydrogen-bond donors (Lipinski definition) is 4. The van der Waals surface area contributed by atoms with Gasteiger partial charge in [-0.1, -0.05) is 38.1 Å². The number of anilines is 3. The predicted molar refractivity (Wildman–Crippen MR) is 139 cm³/mol. The molecule has 0 aliphatic carbocycles. The molecule has 0 bridgehead atoms. The standard InChI is InChI=1S/C25H33N7O3/c1-4-17-7-9-18(10-8-17)19-15-31(16-21(19)29-25(33)20(5-2)27-3)14-6-13-28-23-12-11-22(32(34)35)24(26)30-23/h7-12,15-16,20,27H,4-6,13-14H2,1-3H3,(H,29,33)(H3,26,28,30). The number of pyridine rings is 1. The highest BCUT2D eigenvalue weighted by Crippen LogP contribution is 2.30. The highest BCUT2D eigenvalue weighted by Gasteiger charge is 2.18. The number of nitrogens with two attached hydrogens (primary N) is 1. The van der Waals surface area contributed by atoms with Gasteiger partial charge in [0.25, 0.3) is 0 Å². The molecule has 0 spiro atoms. The number of nitro groups is 1. The normalized spacial score (nSPS) is 11.7. The molecular formula is C25H33N7O3. The Bertz CT molecular complexity index is 1150. The van der Waals surface area contributed by atoms with Gasteiger partial charge < -0.3 is 26.3 Å². The SMILES string of the molecule is CCc1ccc(-c2cn(CCCNc3ccc([N+](=O)[O-])c(N)n3)cc2NC(=O)C(CC)NC)cc1. The van der Waals surface area contributed by atoms with Crippen LogP contribution in [0.5, 0.6) is 0 Å². The Morgan fingerprint density at radius 1 is 1.17 bits per heavy atom. The molecule has 10 nitrogen and oxygen atoms in total. The first-order valence-corrected chi connectivity index (χ1v) is 11.8. The van der Waals surface area contributed by atoms with Gasteiger partial charge >= 0.3 is 5.69 Å². The van der Waals surface area contributed by atoms with Crippen LogP contribution in [0.4, 0.5) is 23.0 Å². The summed E-state index contributed by atoms with van der Waals surface area (Å²) in [6, 6.07) is 11.0. The summed E-state index contributed by atoms with van der Waals surface area (Å²) in [5, 5.41) is 20.2. The molecule has 1 amide bonds. The molecule has 0 fully saturated rings. The second kappa shape index (κ2) is 12.0. The number of hydrogen-bond acceptors (Lipinski definition) is 7. The van der Waals surface area contributed by atoms with E-state index in [4.69, 9.17) is 5.73 Å². The number of carbonyl (C=O) groups excluding carboxylic acids is 1. The molecule has 3 aromatic rings. The summed E-state index contributed by atoms with van der Waals surface area (Å²) in [5.41, 5.74) is 9.48. The third kappa shape index (κ3) is 6.57. The number of nitrogens with zero attached hydrogens (tertiary/aromatic N) is 3. The van der Waals surface area contributed by atoms with E-state index in [1.165, 1.54) is 11.6 Å². The number of likely N-dealkylation sites (N-methyl/N-ethyl adjacent to an activating group) is 1. The van der Waals surface area contributed by atoms with Crippen molar-refractivity contribution in [3.8, 4) is 11.1 Å². The number of carbonyl (C=O) groups is 1. The lowest BCUT2D eigenvalue weighted by Crippen LogP contribution is -2.37. The summed E-state index contributed by atoms with van der Waals surface area (Å²) in [6.07, 6.45) is 6.41. The number of benzene rings is 1. The summed E-state index contributed by atoms with van der Waals surface area (Å²) in [5.74, 6) is 0.307. The van der Waals surface area contributed by atoms with Gasteiger partial charge in [-0.25, -0.2) is 4.98 Å². The fraction of sp³-hybridized carbons (Fsp3) is 0.360. The smallest absolute Gasteiger partial charge is 0.311 e. The molecule has 2 heterocycles. The third-order valence-corrected chi connectivity index (χ3v) is 5.88. The minimum atomic E-state index is -0.554. The fourth-order valence-electron chi connectivity index (χ4n) is 3.83. The maximum Gasteiger partial charge on any atom is 0.311 e. The number of nitrogen functional groups attached to an aromatic ring is 1. The van der Waals surface area contributed by atoms with Crippen LogP contribution in [0.15, 0.2) is 48.8 Å². The van der Waals surface area contributed by atoms with Gasteiger partial charge in [-0.05, 0) is 43.5 Å². The van der Waals surface area contributed by atoms with Crippen molar-refractivity contribution in [3.63, 3.8) is 0 Å². The number of amides is 1. The van der Waals surface area contributed by atoms with E-state index >= 15 is 0 Å². The monoisotopic (exact) mass is 479 g/mol. The molecule has 0 saturated heterocycles. The van der Waals surface area contributed by atoms with Gasteiger partial charge in [0.2, 0.25) is 11.7 Å². The Labute approximate surface area is 205 Å². The van der Waals surface area contributed by atoms with Gasteiger partial charge in [0.1, 0.15) is 5.82 Å². The predicted octanol–water partition coefficient (Wildman–Crippen LogP) is 4.04. The zero-order valence-corrected chi connectivity index (χ0v) is 20.4. The van der Waals surface area contributed by atoms with Crippen molar-refractivity contribution in [2.24, 2.45) is 0 Å². The summed E-state index contributed by atoms with van der Waals surface area (Å²) < 4.78 is 2.05. The zero-order valence-electron chi connectivity index (χ0n) is 20.4. The maximum atomic E-state index is 12.7. The van der Waals surface area contributed by atoms with E-state index < -0.39 is 4.92 Å². The van der Waals surface area contributed by atoms with Crippen molar-refractivity contribution in [1.82, 2.24) is 14.9 Å². The molecule has 0 aliphatic heterocycles. The molecule has 0 aliphatic rings. The highest BCUT2D eigenvalue weighted by molar-refractivity contribution is 5.98. The molecule has 0 radical (unpaired) electrons. The van der Waals surface area contributed by atoms with Crippen molar-refractivity contribution in [2.45, 2.75) is 45.7 Å². The van der Waals surface area contributed by atoms with Crippen molar-refractivity contribution >= 4 is 28.9 Å². The largest absolute Gasteiger partial charge is 0.378 e. The Hall–Kier alpha value is -3.92. The van der Waals surface area contributed by atoms with Gasteiger partial charge in [0, 0.05) is 37.1 Å². The van der Waals surface area contributed by atoms with Gasteiger partial charge in [-0.15, -0.1) is 0 Å². The number of aromatic nitrogens is 2. The Morgan fingerprint density at radius 3 is 2.51 bits per heavy atom. The zero-order chi connectivity index (χ0) is 25.4. The van der Waals surface area contributed by atoms with E-state index in [1.807, 2.05) is 19.3 Å². The lowest BCUT2D eigenvalue weighted by atomic mass is 10.0. The number of aryl methyl sites for hydroxylation is 2. The van der Waals surface area contributed by atoms with Crippen LogP contribution in [0, 0.1) is 10.1 Å². The highest BCUT2D eigenvalue weighted by atomic mass is 16.6. The second-order valence-electron chi connectivity index (χ2n) is 8.25. The summed E-state index contributed by atoms with van der Waals surface area (Å²) >= 11 is 0. The molecule has 2 aromatic heterocycles. The van der Waals surface area contributed by atoms with Crippen LogP contribution in [-0.4, -0.2) is 40.0 Å².